The first-order valence-corrected chi connectivity index (χ1v) is 24.2. The number of hydrogen-bond donors (Lipinski definition) is 0. The molecule has 0 atom stereocenters. The van der Waals surface area contributed by atoms with Gasteiger partial charge in [0, 0.05) is 43.7 Å². The van der Waals surface area contributed by atoms with Crippen LogP contribution in [0, 0.1) is 0 Å². The van der Waals surface area contributed by atoms with Crippen molar-refractivity contribution in [3.8, 4) is 33.8 Å². The van der Waals surface area contributed by atoms with E-state index in [-0.39, 0.29) is 0 Å². The van der Waals surface area contributed by atoms with E-state index in [2.05, 4.69) is 217 Å². The number of hydrogen-bond acceptors (Lipinski definition) is 4. The van der Waals surface area contributed by atoms with E-state index in [9.17, 15) is 0 Å². The maximum Gasteiger partial charge on any atom is 0.190 e. The summed E-state index contributed by atoms with van der Waals surface area (Å²) in [6.07, 6.45) is 0. The highest BCUT2D eigenvalue weighted by atomic mass is 32.2. The van der Waals surface area contributed by atoms with Crippen molar-refractivity contribution in [1.29, 1.82) is 0 Å². The Kier molecular flexibility index (Phi) is 8.17. The highest BCUT2D eigenvalue weighted by Crippen LogP contribution is 2.42. The first-order valence-electron chi connectivity index (χ1n) is 21.4. The first-order chi connectivity index (χ1) is 31.2. The Bertz CT molecular complexity index is 3530. The molecule has 0 radical (unpaired) electrons. The van der Waals surface area contributed by atoms with Crippen molar-refractivity contribution in [2.24, 2.45) is 0 Å². The summed E-state index contributed by atoms with van der Waals surface area (Å²) >= 11 is 1.89. The van der Waals surface area contributed by atoms with E-state index in [4.69, 9.17) is 9.15 Å². The Morgan fingerprint density at radius 2 is 0.937 bits per heavy atom. The zero-order chi connectivity index (χ0) is 41.5. The zero-order valence-corrected chi connectivity index (χ0v) is 35.9. The molecule has 13 rings (SSSR count). The normalized spacial score (nSPS) is 13.3. The highest BCUT2D eigenvalue weighted by molar-refractivity contribution is 8.00. The molecule has 63 heavy (non-hydrogen) atoms. The van der Waals surface area contributed by atoms with Crippen LogP contribution in [0.3, 0.4) is 0 Å². The Balaban J connectivity index is 0.919. The van der Waals surface area contributed by atoms with Gasteiger partial charge in [-0.3, -0.25) is 0 Å². The average molecular weight is 840 g/mol. The lowest BCUT2D eigenvalue weighted by Gasteiger charge is -2.43. The van der Waals surface area contributed by atoms with Crippen LogP contribution in [0.25, 0.3) is 55.0 Å². The SMILES string of the molecule is c1ccc2c(c1)Oc1ccccc1[Si]21c2ccccc2Sc2cc(-c3ccc(N(c4ccc(-c5cccc6ccccc56)cc4)c4ccc5c(c4)oc4ccccc45)cc3)ccc21. The molecule has 296 valence electrons. The fourth-order valence-electron chi connectivity index (χ4n) is 10.2. The van der Waals surface area contributed by atoms with Crippen molar-refractivity contribution >= 4 is 90.4 Å². The zero-order valence-electron chi connectivity index (χ0n) is 34.0. The van der Waals surface area contributed by atoms with Gasteiger partial charge in [0.05, 0.1) is 0 Å². The van der Waals surface area contributed by atoms with Gasteiger partial charge in [0.1, 0.15) is 22.7 Å². The predicted molar refractivity (Wildman–Crippen MR) is 265 cm³/mol. The van der Waals surface area contributed by atoms with Crippen LogP contribution in [0.2, 0.25) is 0 Å². The van der Waals surface area contributed by atoms with Gasteiger partial charge in [-0.15, -0.1) is 0 Å². The van der Waals surface area contributed by atoms with Crippen molar-refractivity contribution in [2.45, 2.75) is 9.79 Å². The first kappa shape index (κ1) is 36.1. The fourth-order valence-corrected chi connectivity index (χ4v) is 17.3. The Labute approximate surface area is 370 Å². The second-order valence-electron chi connectivity index (χ2n) is 16.4. The van der Waals surface area contributed by atoms with E-state index in [1.54, 1.807) is 0 Å². The monoisotopic (exact) mass is 839 g/mol. The van der Waals surface area contributed by atoms with Crippen LogP contribution >= 0.6 is 11.8 Å². The van der Waals surface area contributed by atoms with Gasteiger partial charge in [0.2, 0.25) is 0 Å². The molecule has 1 aromatic heterocycles. The summed E-state index contributed by atoms with van der Waals surface area (Å²) < 4.78 is 13.0. The van der Waals surface area contributed by atoms with Gasteiger partial charge in [0.25, 0.3) is 0 Å². The van der Waals surface area contributed by atoms with Gasteiger partial charge in [-0.2, -0.15) is 0 Å². The van der Waals surface area contributed by atoms with Crippen molar-refractivity contribution < 1.29 is 9.15 Å². The van der Waals surface area contributed by atoms with Gasteiger partial charge in [-0.1, -0.05) is 163 Å². The van der Waals surface area contributed by atoms with E-state index >= 15 is 0 Å². The van der Waals surface area contributed by atoms with Gasteiger partial charge < -0.3 is 14.1 Å². The molecule has 3 nitrogen and oxygen atoms in total. The Hall–Kier alpha value is -7.57. The summed E-state index contributed by atoms with van der Waals surface area (Å²) in [4.78, 5) is 4.96. The smallest absolute Gasteiger partial charge is 0.190 e. The van der Waals surface area contributed by atoms with Crippen LogP contribution in [0.5, 0.6) is 11.5 Å². The molecule has 0 fully saturated rings. The molecule has 0 amide bonds. The molecule has 2 aliphatic heterocycles. The van der Waals surface area contributed by atoms with Gasteiger partial charge in [0.15, 0.2) is 8.07 Å². The molecule has 3 heterocycles. The molecule has 0 N–H and O–H groups in total. The minimum Gasteiger partial charge on any atom is -0.458 e. The minimum atomic E-state index is -2.71. The van der Waals surface area contributed by atoms with Crippen LogP contribution in [0.15, 0.2) is 239 Å². The van der Waals surface area contributed by atoms with E-state index in [0.29, 0.717) is 0 Å². The lowest BCUT2D eigenvalue weighted by molar-refractivity contribution is 0.487. The second-order valence-corrected chi connectivity index (χ2v) is 21.1. The van der Waals surface area contributed by atoms with Gasteiger partial charge in [-0.25, -0.2) is 0 Å². The summed E-state index contributed by atoms with van der Waals surface area (Å²) in [5, 5.41) is 10.2. The van der Waals surface area contributed by atoms with Gasteiger partial charge >= 0.3 is 0 Å². The summed E-state index contributed by atoms with van der Waals surface area (Å²) in [5.41, 5.74) is 9.70. The number of furan rings is 1. The maximum atomic E-state index is 6.62. The molecule has 11 aromatic rings. The van der Waals surface area contributed by atoms with E-state index in [1.807, 2.05) is 23.9 Å². The molecule has 5 heteroatoms. The van der Waals surface area contributed by atoms with Crippen LogP contribution in [-0.4, -0.2) is 8.07 Å². The third-order valence-electron chi connectivity index (χ3n) is 13.0. The second kappa shape index (κ2) is 14.2. The quantitative estimate of drug-likeness (QED) is 0.161. The number of anilines is 3. The number of rotatable bonds is 5. The average Bonchev–Trinajstić information content (AvgIpc) is 3.72. The summed E-state index contributed by atoms with van der Waals surface area (Å²) in [6, 6.07) is 81.5. The molecule has 2 aliphatic rings. The summed E-state index contributed by atoms with van der Waals surface area (Å²) in [7, 11) is -2.71. The van der Waals surface area contributed by atoms with Crippen molar-refractivity contribution in [3.05, 3.63) is 224 Å². The molecule has 0 bridgehead atoms. The molecular weight excluding hydrogens is 803 g/mol. The molecular formula is C58H37NO2SSi. The molecule has 1 spiro atoms. The number of benzene rings is 10. The predicted octanol–water partition coefficient (Wildman–Crippen LogP) is 13.5. The lowest BCUT2D eigenvalue weighted by atomic mass is 9.98. The van der Waals surface area contributed by atoms with Crippen LogP contribution in [0.1, 0.15) is 0 Å². The van der Waals surface area contributed by atoms with E-state index < -0.39 is 8.07 Å². The van der Waals surface area contributed by atoms with Crippen LogP contribution < -0.4 is 30.4 Å². The molecule has 0 saturated carbocycles. The van der Waals surface area contributed by atoms with Crippen LogP contribution in [-0.2, 0) is 0 Å². The van der Waals surface area contributed by atoms with Crippen molar-refractivity contribution in [3.63, 3.8) is 0 Å². The molecule has 10 aromatic carbocycles. The summed E-state index contributed by atoms with van der Waals surface area (Å²) in [5.74, 6) is 1.92. The number of fused-ring (bicyclic) bond motifs is 12. The van der Waals surface area contributed by atoms with Crippen LogP contribution in [0.4, 0.5) is 17.1 Å². The standard InChI is InChI=1S/C58H37NO2SSi/c1-2-14-45-39(12-1)13-11-16-46(45)40-26-31-43(32-27-40)59(44-33-34-48-47-15-3-4-17-49(47)60-52(48)37-44)42-29-24-38(25-30-42)41-28-35-58-54(36-41)62-53-20-7-10-23-57(53)63(58)55-21-8-5-18-50(55)61-51-19-6-9-22-56(51)63/h1-37H. The molecule has 0 aliphatic carbocycles. The third-order valence-corrected chi connectivity index (χ3v) is 19.4. The Morgan fingerprint density at radius 3 is 1.71 bits per heavy atom. The fraction of sp³-hybridized carbons (Fsp3) is 0. The molecule has 0 unspecified atom stereocenters. The Morgan fingerprint density at radius 1 is 0.365 bits per heavy atom. The third kappa shape index (κ3) is 5.60. The van der Waals surface area contributed by atoms with E-state index in [0.717, 1.165) is 50.5 Å². The van der Waals surface area contributed by atoms with Crippen molar-refractivity contribution in [2.75, 3.05) is 4.90 Å². The minimum absolute atomic E-state index is 0.868. The number of ether oxygens (including phenoxy) is 1. The summed E-state index contributed by atoms with van der Waals surface area (Å²) in [6.45, 7) is 0. The van der Waals surface area contributed by atoms with E-state index in [1.165, 1.54) is 63.6 Å². The van der Waals surface area contributed by atoms with Gasteiger partial charge in [-0.05, 0) is 121 Å². The number of para-hydroxylation sites is 3. The maximum absolute atomic E-state index is 6.62. The van der Waals surface area contributed by atoms with Crippen molar-refractivity contribution in [1.82, 2.24) is 0 Å². The number of nitrogens with zero attached hydrogens (tertiary/aromatic N) is 1. The topological polar surface area (TPSA) is 25.6 Å². The highest BCUT2D eigenvalue weighted by Gasteiger charge is 2.51. The lowest BCUT2D eigenvalue weighted by Crippen LogP contribution is -2.77. The largest absolute Gasteiger partial charge is 0.458 e. The molecule has 0 saturated heterocycles.